The second-order valence-electron chi connectivity index (χ2n) is 7.90. The van der Waals surface area contributed by atoms with Crippen LogP contribution in [0.5, 0.6) is 0 Å². The molecule has 168 valence electrons. The van der Waals surface area contributed by atoms with Gasteiger partial charge in [0.25, 0.3) is 0 Å². The number of hydrogen-bond acceptors (Lipinski definition) is 6. The van der Waals surface area contributed by atoms with Gasteiger partial charge < -0.3 is 10.4 Å². The molecular formula is C21H21F3N6O2. The Morgan fingerprint density at radius 1 is 1.19 bits per heavy atom. The van der Waals surface area contributed by atoms with Crippen molar-refractivity contribution in [2.75, 3.05) is 5.32 Å². The van der Waals surface area contributed by atoms with Crippen LogP contribution in [0.2, 0.25) is 0 Å². The molecule has 4 rings (SSSR count). The van der Waals surface area contributed by atoms with E-state index in [-0.39, 0.29) is 17.9 Å². The molecular weight excluding hydrogens is 425 g/mol. The van der Waals surface area contributed by atoms with Gasteiger partial charge >= 0.3 is 12.1 Å². The molecule has 32 heavy (non-hydrogen) atoms. The van der Waals surface area contributed by atoms with Crippen LogP contribution in [0.3, 0.4) is 0 Å². The molecule has 8 nitrogen and oxygen atoms in total. The minimum absolute atomic E-state index is 0.0905. The number of aryl methyl sites for hydroxylation is 1. The fourth-order valence-electron chi connectivity index (χ4n) is 3.88. The molecule has 1 aromatic carbocycles. The van der Waals surface area contributed by atoms with Crippen LogP contribution in [-0.2, 0) is 11.0 Å². The van der Waals surface area contributed by atoms with E-state index in [1.807, 2.05) is 19.2 Å². The first-order valence-corrected chi connectivity index (χ1v) is 10.1. The molecule has 2 N–H and O–H groups in total. The van der Waals surface area contributed by atoms with E-state index >= 15 is 0 Å². The zero-order chi connectivity index (χ0) is 22.9. The molecule has 0 unspecified atom stereocenters. The predicted octanol–water partition coefficient (Wildman–Crippen LogP) is 4.62. The highest BCUT2D eigenvalue weighted by Crippen LogP contribution is 2.33. The number of carbonyl (C=O) groups is 1. The molecule has 1 saturated carbocycles. The molecule has 2 aromatic heterocycles. The van der Waals surface area contributed by atoms with Crippen LogP contribution in [0.1, 0.15) is 43.0 Å². The largest absolute Gasteiger partial charge is 0.481 e. The van der Waals surface area contributed by atoms with Gasteiger partial charge in [-0.3, -0.25) is 4.79 Å². The second-order valence-corrected chi connectivity index (χ2v) is 7.90. The molecule has 0 radical (unpaired) electrons. The third-order valence-electron chi connectivity index (χ3n) is 5.51. The van der Waals surface area contributed by atoms with Crippen LogP contribution in [0, 0.1) is 12.8 Å². The van der Waals surface area contributed by atoms with Crippen LogP contribution >= 0.6 is 0 Å². The Kier molecular flexibility index (Phi) is 5.81. The number of rotatable bonds is 5. The summed E-state index contributed by atoms with van der Waals surface area (Å²) < 4.78 is 40.5. The summed E-state index contributed by atoms with van der Waals surface area (Å²) >= 11 is 0. The number of carboxylic acid groups (broad SMARTS) is 1. The second kappa shape index (κ2) is 8.56. The highest BCUT2D eigenvalue weighted by atomic mass is 19.4. The van der Waals surface area contributed by atoms with E-state index < -0.39 is 17.8 Å². The number of alkyl halides is 3. The van der Waals surface area contributed by atoms with E-state index in [9.17, 15) is 18.0 Å². The average molecular weight is 446 g/mol. The standard InChI is InChI=1S/C21H21F3N6O2/c1-12-8-14(10-15(9-12)26-20-25-7-6-18(27-20)21(22,23)24)17-11-30(29-28-17)16-4-2-13(3-5-16)19(31)32/h6-11,13,16H,2-5H2,1H3,(H,31,32)(H,25,26,27). The van der Waals surface area contributed by atoms with Crippen molar-refractivity contribution < 1.29 is 23.1 Å². The van der Waals surface area contributed by atoms with Crippen molar-refractivity contribution in [3.8, 4) is 11.3 Å². The lowest BCUT2D eigenvalue weighted by atomic mass is 9.86. The van der Waals surface area contributed by atoms with Crippen molar-refractivity contribution in [1.29, 1.82) is 0 Å². The third kappa shape index (κ3) is 4.87. The van der Waals surface area contributed by atoms with E-state index in [0.29, 0.717) is 37.1 Å². The van der Waals surface area contributed by atoms with E-state index in [1.165, 1.54) is 0 Å². The van der Waals surface area contributed by atoms with Crippen LogP contribution in [0.25, 0.3) is 11.3 Å². The maximum atomic E-state index is 12.9. The third-order valence-corrected chi connectivity index (χ3v) is 5.51. The van der Waals surface area contributed by atoms with Gasteiger partial charge in [0, 0.05) is 17.4 Å². The molecule has 1 fully saturated rings. The van der Waals surface area contributed by atoms with Gasteiger partial charge in [0.2, 0.25) is 5.95 Å². The van der Waals surface area contributed by atoms with Gasteiger partial charge in [0.1, 0.15) is 11.4 Å². The number of aliphatic carboxylic acids is 1. The summed E-state index contributed by atoms with van der Waals surface area (Å²) in [5, 5.41) is 20.4. The first-order chi connectivity index (χ1) is 15.2. The number of nitrogens with zero attached hydrogens (tertiary/aromatic N) is 5. The number of nitrogens with one attached hydrogen (secondary N) is 1. The van der Waals surface area contributed by atoms with Crippen LogP contribution in [0.15, 0.2) is 36.7 Å². The smallest absolute Gasteiger partial charge is 0.433 e. The van der Waals surface area contributed by atoms with E-state index in [1.54, 1.807) is 16.8 Å². The molecule has 0 aliphatic heterocycles. The number of anilines is 2. The van der Waals surface area contributed by atoms with Gasteiger partial charge in [0.15, 0.2) is 0 Å². The summed E-state index contributed by atoms with van der Waals surface area (Å²) in [6, 6.07) is 6.31. The summed E-state index contributed by atoms with van der Waals surface area (Å²) in [7, 11) is 0. The molecule has 0 atom stereocenters. The first kappa shape index (κ1) is 21.7. The Morgan fingerprint density at radius 2 is 1.94 bits per heavy atom. The molecule has 1 aliphatic carbocycles. The Morgan fingerprint density at radius 3 is 2.62 bits per heavy atom. The highest BCUT2D eigenvalue weighted by molar-refractivity contribution is 5.70. The normalized spacial score (nSPS) is 19.0. The average Bonchev–Trinajstić information content (AvgIpc) is 3.23. The Bertz CT molecular complexity index is 1120. The topological polar surface area (TPSA) is 106 Å². The summed E-state index contributed by atoms with van der Waals surface area (Å²) in [5.74, 6) is -1.22. The maximum absolute atomic E-state index is 12.9. The fourth-order valence-corrected chi connectivity index (χ4v) is 3.88. The van der Waals surface area contributed by atoms with Gasteiger partial charge in [-0.1, -0.05) is 5.21 Å². The monoisotopic (exact) mass is 446 g/mol. The molecule has 0 amide bonds. The summed E-state index contributed by atoms with van der Waals surface area (Å²) in [5.41, 5.74) is 1.72. The SMILES string of the molecule is Cc1cc(Nc2nccc(C(F)(F)F)n2)cc(-c2cn(C3CCC(C(=O)O)CC3)nn2)c1. The zero-order valence-electron chi connectivity index (χ0n) is 17.2. The summed E-state index contributed by atoms with van der Waals surface area (Å²) in [6.45, 7) is 1.86. The van der Waals surface area contributed by atoms with Crippen molar-refractivity contribution in [2.45, 2.75) is 44.8 Å². The number of halogens is 3. The van der Waals surface area contributed by atoms with Crippen LogP contribution in [-0.4, -0.2) is 36.0 Å². The first-order valence-electron chi connectivity index (χ1n) is 10.1. The molecule has 2 heterocycles. The lowest BCUT2D eigenvalue weighted by Crippen LogP contribution is -2.23. The van der Waals surface area contributed by atoms with Gasteiger partial charge in [-0.05, 0) is 62.4 Å². The number of aromatic nitrogens is 5. The summed E-state index contributed by atoms with van der Waals surface area (Å²) in [4.78, 5) is 18.5. The fraction of sp³-hybridized carbons (Fsp3) is 0.381. The van der Waals surface area contributed by atoms with Crippen molar-refractivity contribution in [3.05, 3.63) is 47.9 Å². The van der Waals surface area contributed by atoms with E-state index in [0.717, 1.165) is 23.4 Å². The van der Waals surface area contributed by atoms with Crippen molar-refractivity contribution in [3.63, 3.8) is 0 Å². The Balaban J connectivity index is 1.52. The van der Waals surface area contributed by atoms with Crippen molar-refractivity contribution in [2.24, 2.45) is 5.92 Å². The van der Waals surface area contributed by atoms with Crippen molar-refractivity contribution in [1.82, 2.24) is 25.0 Å². The lowest BCUT2D eigenvalue weighted by molar-refractivity contribution is -0.143. The van der Waals surface area contributed by atoms with Gasteiger partial charge in [-0.15, -0.1) is 5.10 Å². The zero-order valence-corrected chi connectivity index (χ0v) is 17.2. The minimum Gasteiger partial charge on any atom is -0.481 e. The maximum Gasteiger partial charge on any atom is 0.433 e. The van der Waals surface area contributed by atoms with Crippen LogP contribution < -0.4 is 5.32 Å². The molecule has 0 spiro atoms. The number of benzene rings is 1. The minimum atomic E-state index is -4.56. The number of carboxylic acids is 1. The van der Waals surface area contributed by atoms with E-state index in [2.05, 4.69) is 25.6 Å². The van der Waals surface area contributed by atoms with Gasteiger partial charge in [-0.25, -0.2) is 14.6 Å². The van der Waals surface area contributed by atoms with Crippen molar-refractivity contribution >= 4 is 17.6 Å². The predicted molar refractivity (Wildman–Crippen MR) is 109 cm³/mol. The quantitative estimate of drug-likeness (QED) is 0.589. The van der Waals surface area contributed by atoms with Crippen LogP contribution in [0.4, 0.5) is 24.8 Å². The Labute approximate surface area is 181 Å². The molecule has 1 aliphatic rings. The molecule has 0 saturated heterocycles. The van der Waals surface area contributed by atoms with Gasteiger partial charge in [0.05, 0.1) is 18.2 Å². The highest BCUT2D eigenvalue weighted by Gasteiger charge is 2.33. The van der Waals surface area contributed by atoms with Gasteiger partial charge in [-0.2, -0.15) is 13.2 Å². The molecule has 11 heteroatoms. The van der Waals surface area contributed by atoms with E-state index in [4.69, 9.17) is 5.11 Å². The Hall–Kier alpha value is -3.50. The molecule has 0 bridgehead atoms. The lowest BCUT2D eigenvalue weighted by Gasteiger charge is -2.25. The summed E-state index contributed by atoms with van der Waals surface area (Å²) in [6.07, 6.45) is 0.944. The number of hydrogen-bond donors (Lipinski definition) is 2. The molecule has 3 aromatic rings.